The second-order valence-electron chi connectivity index (χ2n) is 5.44. The summed E-state index contributed by atoms with van der Waals surface area (Å²) in [6, 6.07) is 8.56. The Hall–Kier alpha value is -1.78. The molecule has 0 spiro atoms. The molecule has 1 saturated heterocycles. The minimum Gasteiger partial charge on any atom is -0.488 e. The zero-order chi connectivity index (χ0) is 16.2. The third kappa shape index (κ3) is 3.95. The number of nitrogens with zero attached hydrogens (tertiary/aromatic N) is 2. The van der Waals surface area contributed by atoms with Crippen molar-refractivity contribution in [1.82, 2.24) is 9.88 Å². The predicted octanol–water partition coefficient (Wildman–Crippen LogP) is 4.07. The van der Waals surface area contributed by atoms with Gasteiger partial charge in [0.2, 0.25) is 0 Å². The van der Waals surface area contributed by atoms with E-state index < -0.39 is 0 Å². The van der Waals surface area contributed by atoms with Gasteiger partial charge in [-0.25, -0.2) is 0 Å². The molecule has 6 heteroatoms. The van der Waals surface area contributed by atoms with E-state index in [1.807, 2.05) is 12.1 Å². The van der Waals surface area contributed by atoms with Crippen molar-refractivity contribution in [2.24, 2.45) is 0 Å². The summed E-state index contributed by atoms with van der Waals surface area (Å²) in [4.78, 5) is 18.4. The number of halogens is 2. The lowest BCUT2D eigenvalue weighted by molar-refractivity contribution is 0.0538. The number of carbonyl (C=O) groups is 1. The summed E-state index contributed by atoms with van der Waals surface area (Å²) >= 11 is 12.0. The lowest BCUT2D eigenvalue weighted by atomic mass is 10.1. The number of rotatable bonds is 3. The highest BCUT2D eigenvalue weighted by molar-refractivity contribution is 6.36. The number of pyridine rings is 1. The summed E-state index contributed by atoms with van der Waals surface area (Å²) in [6.07, 6.45) is 5.16. The van der Waals surface area contributed by atoms with Crippen molar-refractivity contribution in [3.63, 3.8) is 0 Å². The molecule has 2 heterocycles. The highest BCUT2D eigenvalue weighted by Crippen LogP contribution is 2.24. The van der Waals surface area contributed by atoms with Crippen LogP contribution in [0, 0.1) is 0 Å². The normalized spacial score (nSPS) is 17.8. The molecule has 1 unspecified atom stereocenters. The first-order valence-corrected chi connectivity index (χ1v) is 8.20. The van der Waals surface area contributed by atoms with Crippen molar-refractivity contribution >= 4 is 29.1 Å². The summed E-state index contributed by atoms with van der Waals surface area (Å²) in [7, 11) is 0. The van der Waals surface area contributed by atoms with Gasteiger partial charge in [0.25, 0.3) is 5.91 Å². The Morgan fingerprint density at radius 1 is 1.22 bits per heavy atom. The lowest BCUT2D eigenvalue weighted by Gasteiger charge is -2.33. The molecule has 1 aromatic heterocycles. The van der Waals surface area contributed by atoms with E-state index in [4.69, 9.17) is 27.9 Å². The van der Waals surface area contributed by atoms with Crippen LogP contribution in [-0.2, 0) is 0 Å². The highest BCUT2D eigenvalue weighted by Gasteiger charge is 2.26. The quantitative estimate of drug-likeness (QED) is 0.837. The molecule has 1 atom stereocenters. The Kier molecular flexibility index (Phi) is 5.03. The third-order valence-corrected chi connectivity index (χ3v) is 4.33. The van der Waals surface area contributed by atoms with Gasteiger partial charge < -0.3 is 9.64 Å². The van der Waals surface area contributed by atoms with E-state index in [0.29, 0.717) is 28.7 Å². The van der Waals surface area contributed by atoms with Crippen molar-refractivity contribution in [3.05, 3.63) is 58.3 Å². The Bertz CT molecular complexity index is 694. The van der Waals surface area contributed by atoms with Crippen LogP contribution in [0.5, 0.6) is 5.75 Å². The van der Waals surface area contributed by atoms with Crippen LogP contribution >= 0.6 is 23.2 Å². The molecular weight excluding hydrogens is 335 g/mol. The average molecular weight is 351 g/mol. The second kappa shape index (κ2) is 7.20. The fraction of sp³-hybridized carbons (Fsp3) is 0.294. The van der Waals surface area contributed by atoms with E-state index >= 15 is 0 Å². The summed E-state index contributed by atoms with van der Waals surface area (Å²) in [6.45, 7) is 1.24. The number of hydrogen-bond acceptors (Lipinski definition) is 3. The molecular formula is C17H16Cl2N2O2. The van der Waals surface area contributed by atoms with Crippen LogP contribution in [0.25, 0.3) is 0 Å². The van der Waals surface area contributed by atoms with Crippen molar-refractivity contribution in [1.29, 1.82) is 0 Å². The minimum absolute atomic E-state index is 0.0267. The predicted molar refractivity (Wildman–Crippen MR) is 90.3 cm³/mol. The van der Waals surface area contributed by atoms with Gasteiger partial charge in [0.05, 0.1) is 17.1 Å². The average Bonchev–Trinajstić information content (AvgIpc) is 2.55. The fourth-order valence-corrected chi connectivity index (χ4v) is 3.15. The van der Waals surface area contributed by atoms with Gasteiger partial charge in [0.1, 0.15) is 11.9 Å². The van der Waals surface area contributed by atoms with Crippen LogP contribution in [-0.4, -0.2) is 35.0 Å². The smallest absolute Gasteiger partial charge is 0.255 e. The molecule has 3 rings (SSSR count). The first kappa shape index (κ1) is 16.1. The van der Waals surface area contributed by atoms with Gasteiger partial charge in [0, 0.05) is 24.0 Å². The van der Waals surface area contributed by atoms with Crippen molar-refractivity contribution in [3.8, 4) is 5.75 Å². The molecule has 2 aromatic rings. The molecule has 0 aliphatic carbocycles. The maximum Gasteiger partial charge on any atom is 0.255 e. The monoisotopic (exact) mass is 350 g/mol. The molecule has 1 aliphatic heterocycles. The number of carbonyl (C=O) groups excluding carboxylic acids is 1. The van der Waals surface area contributed by atoms with E-state index in [1.165, 1.54) is 0 Å². The Morgan fingerprint density at radius 2 is 2.00 bits per heavy atom. The van der Waals surface area contributed by atoms with Gasteiger partial charge >= 0.3 is 0 Å². The van der Waals surface area contributed by atoms with Gasteiger partial charge in [-0.1, -0.05) is 23.2 Å². The molecule has 120 valence electrons. The maximum absolute atomic E-state index is 12.7. The van der Waals surface area contributed by atoms with E-state index in [1.54, 1.807) is 35.5 Å². The Balaban J connectivity index is 1.69. The number of piperidine rings is 1. The summed E-state index contributed by atoms with van der Waals surface area (Å²) in [5, 5.41) is 0.892. The number of likely N-dealkylation sites (tertiary alicyclic amines) is 1. The zero-order valence-corrected chi connectivity index (χ0v) is 13.9. The molecule has 4 nitrogen and oxygen atoms in total. The van der Waals surface area contributed by atoms with Crippen molar-refractivity contribution in [2.75, 3.05) is 13.1 Å². The van der Waals surface area contributed by atoms with Crippen LogP contribution in [0.3, 0.4) is 0 Å². The molecule has 1 amide bonds. The molecule has 1 aromatic carbocycles. The van der Waals surface area contributed by atoms with E-state index in [2.05, 4.69) is 4.98 Å². The first-order valence-electron chi connectivity index (χ1n) is 7.44. The SMILES string of the molecule is O=C(c1ccc(Cl)cc1Cl)N1CCCC(Oc2ccncc2)C1. The second-order valence-corrected chi connectivity index (χ2v) is 6.28. The van der Waals surface area contributed by atoms with Gasteiger partial charge in [0.15, 0.2) is 0 Å². The summed E-state index contributed by atoms with van der Waals surface area (Å²) < 4.78 is 5.93. The molecule has 0 saturated carbocycles. The standard InChI is InChI=1S/C17H16Cl2N2O2/c18-12-3-4-15(16(19)10-12)17(22)21-9-1-2-14(11-21)23-13-5-7-20-8-6-13/h3-8,10,14H,1-2,9,11H2. The molecule has 23 heavy (non-hydrogen) atoms. The van der Waals surface area contributed by atoms with Crippen molar-refractivity contribution < 1.29 is 9.53 Å². The highest BCUT2D eigenvalue weighted by atomic mass is 35.5. The van der Waals surface area contributed by atoms with E-state index in [0.717, 1.165) is 18.6 Å². The van der Waals surface area contributed by atoms with Gasteiger partial charge in [-0.15, -0.1) is 0 Å². The maximum atomic E-state index is 12.7. The van der Waals surface area contributed by atoms with Crippen LogP contribution in [0.4, 0.5) is 0 Å². The van der Waals surface area contributed by atoms with Crippen molar-refractivity contribution in [2.45, 2.75) is 18.9 Å². The summed E-state index contributed by atoms with van der Waals surface area (Å²) in [5.74, 6) is 0.679. The van der Waals surface area contributed by atoms with Crippen LogP contribution in [0.1, 0.15) is 23.2 Å². The van der Waals surface area contributed by atoms with Gasteiger partial charge in [-0.3, -0.25) is 9.78 Å². The fourth-order valence-electron chi connectivity index (χ4n) is 2.66. The topological polar surface area (TPSA) is 42.4 Å². The summed E-state index contributed by atoms with van der Waals surface area (Å²) in [5.41, 5.74) is 0.473. The lowest BCUT2D eigenvalue weighted by Crippen LogP contribution is -2.44. The van der Waals surface area contributed by atoms with E-state index in [9.17, 15) is 4.79 Å². The molecule has 1 fully saturated rings. The Labute approximate surface area is 145 Å². The molecule has 1 aliphatic rings. The number of benzene rings is 1. The largest absolute Gasteiger partial charge is 0.488 e. The third-order valence-electron chi connectivity index (χ3n) is 3.78. The van der Waals surface area contributed by atoms with E-state index in [-0.39, 0.29) is 12.0 Å². The zero-order valence-electron chi connectivity index (χ0n) is 12.4. The van der Waals surface area contributed by atoms with Crippen LogP contribution < -0.4 is 4.74 Å². The Morgan fingerprint density at radius 3 is 2.74 bits per heavy atom. The van der Waals surface area contributed by atoms with Crippen LogP contribution in [0.2, 0.25) is 10.0 Å². The molecule has 0 radical (unpaired) electrons. The van der Waals surface area contributed by atoms with Gasteiger partial charge in [-0.05, 0) is 43.2 Å². The first-order chi connectivity index (χ1) is 11.1. The molecule has 0 bridgehead atoms. The number of ether oxygens (including phenoxy) is 1. The van der Waals surface area contributed by atoms with Crippen LogP contribution in [0.15, 0.2) is 42.7 Å². The minimum atomic E-state index is -0.0882. The molecule has 0 N–H and O–H groups in total. The van der Waals surface area contributed by atoms with Gasteiger partial charge in [-0.2, -0.15) is 0 Å². The number of amides is 1. The number of hydrogen-bond donors (Lipinski definition) is 0. The number of aromatic nitrogens is 1.